The van der Waals surface area contributed by atoms with Crippen LogP contribution in [0.4, 0.5) is 9.59 Å². The molecule has 0 saturated carbocycles. The molecule has 0 bridgehead atoms. The summed E-state index contributed by atoms with van der Waals surface area (Å²) < 4.78 is 11.4. The van der Waals surface area contributed by atoms with Gasteiger partial charge in [0.05, 0.1) is 31.2 Å². The number of amides is 2. The van der Waals surface area contributed by atoms with Crippen molar-refractivity contribution < 1.29 is 19.1 Å². The van der Waals surface area contributed by atoms with Crippen LogP contribution in [0, 0.1) is 0 Å². The average Bonchev–Trinajstić information content (AvgIpc) is 3.83. The largest absolute Gasteiger partial charge is 0.444 e. The Hall–Kier alpha value is -4.35. The van der Waals surface area contributed by atoms with Crippen molar-refractivity contribution in [3.63, 3.8) is 0 Å². The maximum atomic E-state index is 13.2. The molecular formula is C39H47ClN6O4Si. The van der Waals surface area contributed by atoms with Gasteiger partial charge in [0.1, 0.15) is 33.7 Å². The number of halogens is 1. The number of imidazole rings is 2. The fraction of sp³-hybridized carbons (Fsp3) is 0.436. The van der Waals surface area contributed by atoms with Crippen molar-refractivity contribution in [2.45, 2.75) is 96.8 Å². The van der Waals surface area contributed by atoms with E-state index in [4.69, 9.17) is 31.0 Å². The predicted molar refractivity (Wildman–Crippen MR) is 205 cm³/mol. The molecule has 2 aliphatic rings. The number of ether oxygens (including phenoxy) is 2. The zero-order valence-electron chi connectivity index (χ0n) is 30.7. The van der Waals surface area contributed by atoms with Crippen LogP contribution in [0.5, 0.6) is 0 Å². The molecule has 4 heterocycles. The minimum atomic E-state index is -1.68. The third kappa shape index (κ3) is 7.23. The van der Waals surface area contributed by atoms with Crippen molar-refractivity contribution in [1.82, 2.24) is 29.7 Å². The molecule has 2 atom stereocenters. The zero-order chi connectivity index (χ0) is 36.5. The molecule has 12 heteroatoms. The minimum Gasteiger partial charge on any atom is -0.444 e. The highest BCUT2D eigenvalue weighted by atomic mass is 35.5. The van der Waals surface area contributed by atoms with Gasteiger partial charge < -0.3 is 24.3 Å². The smallest absolute Gasteiger partial charge is 0.410 e. The molecule has 0 radical (unpaired) electrons. The van der Waals surface area contributed by atoms with E-state index in [2.05, 4.69) is 65.5 Å². The first-order valence-corrected chi connectivity index (χ1v) is 21.5. The number of aromatic amines is 2. The summed E-state index contributed by atoms with van der Waals surface area (Å²) in [4.78, 5) is 46.5. The second kappa shape index (κ2) is 12.7. The second-order valence-electron chi connectivity index (χ2n) is 16.7. The maximum Gasteiger partial charge on any atom is 0.410 e. The Morgan fingerprint density at radius 1 is 0.804 bits per heavy atom. The van der Waals surface area contributed by atoms with Crippen LogP contribution < -0.4 is 0 Å². The number of rotatable bonds is 4. The molecule has 7 rings (SSSR count). The quantitative estimate of drug-likeness (QED) is 0.178. The first kappa shape index (κ1) is 35.1. The number of hydrogen-bond donors (Lipinski definition) is 2. The van der Waals surface area contributed by atoms with Gasteiger partial charge in [0.25, 0.3) is 0 Å². The van der Waals surface area contributed by atoms with E-state index in [0.717, 1.165) is 63.2 Å². The number of H-pyrrole nitrogens is 2. The molecular weight excluding hydrogens is 680 g/mol. The van der Waals surface area contributed by atoms with Crippen molar-refractivity contribution in [2.75, 3.05) is 12.7 Å². The Bertz CT molecular complexity index is 2130. The van der Waals surface area contributed by atoms with Crippen LogP contribution in [0.1, 0.15) is 78.1 Å². The third-order valence-electron chi connectivity index (χ3n) is 9.52. The first-order valence-electron chi connectivity index (χ1n) is 17.7. The van der Waals surface area contributed by atoms with Crippen molar-refractivity contribution in [1.29, 1.82) is 0 Å². The van der Waals surface area contributed by atoms with Crippen LogP contribution in [-0.2, 0) is 9.47 Å². The van der Waals surface area contributed by atoms with Gasteiger partial charge in [-0.2, -0.15) is 0 Å². The van der Waals surface area contributed by atoms with Gasteiger partial charge in [0.2, 0.25) is 0 Å². The molecule has 10 nitrogen and oxygen atoms in total. The van der Waals surface area contributed by atoms with Gasteiger partial charge in [0.15, 0.2) is 0 Å². The SMILES string of the molecule is CC(C)(C)OC(=O)N1CCC[C@@H]1c1nc2c(ccc3cc(-c4ccc(-c5nc([C@@H]6C[Si](C)(C)CN6C(=O)OC(C)(C)C)[nH]c5Cl)cc4)ccc32)[nH]1. The number of carbonyl (C=O) groups excluding carboxylic acids is 2. The van der Waals surface area contributed by atoms with E-state index in [1.165, 1.54) is 0 Å². The summed E-state index contributed by atoms with van der Waals surface area (Å²) in [6.07, 6.45) is 1.84. The summed E-state index contributed by atoms with van der Waals surface area (Å²) in [5, 5.41) is 2.58. The summed E-state index contributed by atoms with van der Waals surface area (Å²) >= 11 is 6.75. The van der Waals surface area contributed by atoms with Gasteiger partial charge in [-0.25, -0.2) is 19.6 Å². The third-order valence-corrected chi connectivity index (χ3v) is 12.5. The van der Waals surface area contributed by atoms with Crippen LogP contribution in [-0.4, -0.2) is 73.9 Å². The summed E-state index contributed by atoms with van der Waals surface area (Å²) in [6.45, 7) is 16.5. The molecule has 2 saturated heterocycles. The molecule has 2 amide bonds. The number of carbonyl (C=O) groups is 2. The number of nitrogens with one attached hydrogen (secondary N) is 2. The molecule has 268 valence electrons. The molecule has 2 fully saturated rings. The van der Waals surface area contributed by atoms with Crippen LogP contribution in [0.2, 0.25) is 24.3 Å². The molecule has 5 aromatic rings. The van der Waals surface area contributed by atoms with Gasteiger partial charge in [-0.05, 0) is 89.1 Å². The maximum absolute atomic E-state index is 13.2. The Balaban J connectivity index is 1.12. The van der Waals surface area contributed by atoms with Crippen molar-refractivity contribution >= 4 is 53.7 Å². The van der Waals surface area contributed by atoms with Gasteiger partial charge in [-0.1, -0.05) is 67.2 Å². The van der Waals surface area contributed by atoms with E-state index in [0.29, 0.717) is 29.4 Å². The van der Waals surface area contributed by atoms with E-state index in [1.807, 2.05) is 58.6 Å². The number of benzene rings is 3. The highest BCUT2D eigenvalue weighted by Gasteiger charge is 2.45. The number of hydrogen-bond acceptors (Lipinski definition) is 6. The average molecular weight is 727 g/mol. The van der Waals surface area contributed by atoms with E-state index < -0.39 is 19.3 Å². The Labute approximate surface area is 304 Å². The first-order chi connectivity index (χ1) is 23.9. The summed E-state index contributed by atoms with van der Waals surface area (Å²) in [5.74, 6) is 1.48. The lowest BCUT2D eigenvalue weighted by Gasteiger charge is -2.28. The molecule has 2 aromatic heterocycles. The highest BCUT2D eigenvalue weighted by Crippen LogP contribution is 2.40. The Kier molecular flexibility index (Phi) is 8.73. The molecule has 0 aliphatic carbocycles. The fourth-order valence-electron chi connectivity index (χ4n) is 7.31. The normalized spacial score (nSPS) is 19.3. The number of fused-ring (bicyclic) bond motifs is 3. The second-order valence-corrected chi connectivity index (χ2v) is 22.1. The number of likely N-dealkylation sites (tertiary alicyclic amines) is 1. The van der Waals surface area contributed by atoms with E-state index in [1.54, 1.807) is 4.90 Å². The predicted octanol–water partition coefficient (Wildman–Crippen LogP) is 10.0. The number of aromatic nitrogens is 4. The Morgan fingerprint density at radius 2 is 1.43 bits per heavy atom. The molecule has 51 heavy (non-hydrogen) atoms. The fourth-order valence-corrected chi connectivity index (χ4v) is 10.4. The molecule has 2 N–H and O–H groups in total. The lowest BCUT2D eigenvalue weighted by molar-refractivity contribution is 0.0212. The zero-order valence-corrected chi connectivity index (χ0v) is 32.4. The van der Waals surface area contributed by atoms with Crippen LogP contribution in [0.25, 0.3) is 44.2 Å². The van der Waals surface area contributed by atoms with Crippen molar-refractivity contribution in [2.24, 2.45) is 0 Å². The monoisotopic (exact) mass is 726 g/mol. The van der Waals surface area contributed by atoms with E-state index in [9.17, 15) is 9.59 Å². The van der Waals surface area contributed by atoms with Crippen molar-refractivity contribution in [3.8, 4) is 22.4 Å². The van der Waals surface area contributed by atoms with E-state index >= 15 is 0 Å². The van der Waals surface area contributed by atoms with Gasteiger partial charge >= 0.3 is 12.2 Å². The summed E-state index contributed by atoms with van der Waals surface area (Å²) in [5.41, 5.74) is 4.40. The van der Waals surface area contributed by atoms with Crippen LogP contribution in [0.3, 0.4) is 0 Å². The van der Waals surface area contributed by atoms with Crippen LogP contribution >= 0.6 is 11.6 Å². The minimum absolute atomic E-state index is 0.144. The summed E-state index contributed by atoms with van der Waals surface area (Å²) in [7, 11) is -1.68. The molecule has 0 unspecified atom stereocenters. The van der Waals surface area contributed by atoms with Crippen molar-refractivity contribution in [3.05, 3.63) is 71.4 Å². The molecule has 0 spiro atoms. The lowest BCUT2D eigenvalue weighted by atomic mass is 9.99. The van der Waals surface area contributed by atoms with Crippen LogP contribution in [0.15, 0.2) is 54.6 Å². The van der Waals surface area contributed by atoms with Gasteiger partial charge in [-0.3, -0.25) is 4.90 Å². The summed E-state index contributed by atoms with van der Waals surface area (Å²) in [6, 6.07) is 19.3. The highest BCUT2D eigenvalue weighted by molar-refractivity contribution is 6.78. The lowest BCUT2D eigenvalue weighted by Crippen LogP contribution is -2.39. The van der Waals surface area contributed by atoms with Gasteiger partial charge in [0, 0.05) is 23.7 Å². The number of nitrogens with zero attached hydrogens (tertiary/aromatic N) is 4. The van der Waals surface area contributed by atoms with Gasteiger partial charge in [-0.15, -0.1) is 0 Å². The topological polar surface area (TPSA) is 116 Å². The molecule has 3 aromatic carbocycles. The Morgan fingerprint density at radius 3 is 2.12 bits per heavy atom. The standard InChI is InChI=1S/C39H47ClN6O4Si/c1-38(2,3)49-36(47)45-19-9-10-29(45)34-41-28-18-16-26-20-25(15-17-27(26)32(28)43-34)23-11-13-24(14-12-23)31-33(40)44-35(42-31)30-21-51(7,8)22-46(30)37(48)50-39(4,5)6/h11-18,20,29-30H,9-10,19,21-22H2,1-8H3,(H,41,43)(H,42,44)/t29-,30+/m1/s1. The molecule has 2 aliphatic heterocycles. The van der Waals surface area contributed by atoms with E-state index in [-0.39, 0.29) is 24.3 Å².